The van der Waals surface area contributed by atoms with Gasteiger partial charge in [-0.25, -0.2) is 0 Å². The molecule has 0 radical (unpaired) electrons. The molecule has 0 heterocycles. The lowest BCUT2D eigenvalue weighted by molar-refractivity contribution is -0.126. The standard InChI is InChI=1S/C14H18BrNO/c1-14(9-5-2-6-10-14)13(17)16-12-8-4-3-7-11(12)15/h3-4,7-8H,2,5-6,9-10H2,1H3,(H,16,17). The molecule has 92 valence electrons. The number of hydrogen-bond acceptors (Lipinski definition) is 1. The minimum atomic E-state index is -0.187. The van der Waals surface area contributed by atoms with Crippen molar-refractivity contribution in [1.29, 1.82) is 0 Å². The smallest absolute Gasteiger partial charge is 0.230 e. The quantitative estimate of drug-likeness (QED) is 0.863. The average Bonchev–Trinajstić information content (AvgIpc) is 2.33. The highest BCUT2D eigenvalue weighted by molar-refractivity contribution is 9.10. The van der Waals surface area contributed by atoms with E-state index in [4.69, 9.17) is 0 Å². The van der Waals surface area contributed by atoms with Gasteiger partial charge in [-0.2, -0.15) is 0 Å². The molecule has 0 aliphatic heterocycles. The molecule has 17 heavy (non-hydrogen) atoms. The van der Waals surface area contributed by atoms with Gasteiger partial charge in [0.2, 0.25) is 5.91 Å². The Morgan fingerprint density at radius 2 is 1.88 bits per heavy atom. The fraction of sp³-hybridized carbons (Fsp3) is 0.500. The summed E-state index contributed by atoms with van der Waals surface area (Å²) in [7, 11) is 0. The zero-order valence-corrected chi connectivity index (χ0v) is 11.7. The average molecular weight is 296 g/mol. The SMILES string of the molecule is CC1(C(=O)Nc2ccccc2Br)CCCCC1. The number of benzene rings is 1. The van der Waals surface area contributed by atoms with Crippen LogP contribution >= 0.6 is 15.9 Å². The van der Waals surface area contributed by atoms with E-state index >= 15 is 0 Å². The van der Waals surface area contributed by atoms with Gasteiger partial charge in [-0.1, -0.05) is 38.3 Å². The van der Waals surface area contributed by atoms with Gasteiger partial charge < -0.3 is 5.32 Å². The molecule has 1 amide bonds. The molecule has 0 spiro atoms. The third-order valence-electron chi connectivity index (χ3n) is 3.63. The van der Waals surface area contributed by atoms with E-state index in [-0.39, 0.29) is 11.3 Å². The van der Waals surface area contributed by atoms with Crippen LogP contribution < -0.4 is 5.32 Å². The number of nitrogens with one attached hydrogen (secondary N) is 1. The Morgan fingerprint density at radius 3 is 2.53 bits per heavy atom. The predicted octanol–water partition coefficient (Wildman–Crippen LogP) is 4.36. The highest BCUT2D eigenvalue weighted by Gasteiger charge is 2.34. The van der Waals surface area contributed by atoms with E-state index in [0.29, 0.717) is 0 Å². The van der Waals surface area contributed by atoms with Crippen molar-refractivity contribution in [2.75, 3.05) is 5.32 Å². The van der Waals surface area contributed by atoms with Crippen LogP contribution in [-0.2, 0) is 4.79 Å². The van der Waals surface area contributed by atoms with Gasteiger partial charge in [0.1, 0.15) is 0 Å². The number of halogens is 1. The fourth-order valence-electron chi connectivity index (χ4n) is 2.39. The minimum Gasteiger partial charge on any atom is -0.325 e. The molecule has 0 unspecified atom stereocenters. The van der Waals surface area contributed by atoms with Crippen LogP contribution in [0.25, 0.3) is 0 Å². The normalized spacial score (nSPS) is 18.7. The van der Waals surface area contributed by atoms with Crippen LogP contribution in [0.3, 0.4) is 0 Å². The van der Waals surface area contributed by atoms with Gasteiger partial charge in [-0.15, -0.1) is 0 Å². The van der Waals surface area contributed by atoms with Crippen molar-refractivity contribution in [2.24, 2.45) is 5.41 Å². The number of anilines is 1. The molecule has 0 saturated heterocycles. The maximum absolute atomic E-state index is 12.3. The van der Waals surface area contributed by atoms with Crippen LogP contribution in [0.5, 0.6) is 0 Å². The largest absolute Gasteiger partial charge is 0.325 e. The molecule has 1 N–H and O–H groups in total. The molecule has 2 nitrogen and oxygen atoms in total. The fourth-order valence-corrected chi connectivity index (χ4v) is 2.78. The van der Waals surface area contributed by atoms with Crippen LogP contribution in [0.1, 0.15) is 39.0 Å². The molecule has 0 bridgehead atoms. The Morgan fingerprint density at radius 1 is 1.24 bits per heavy atom. The van der Waals surface area contributed by atoms with Crippen LogP contribution in [0.2, 0.25) is 0 Å². The molecule has 3 heteroatoms. The molecule has 1 saturated carbocycles. The molecule has 1 aromatic rings. The van der Waals surface area contributed by atoms with E-state index in [0.717, 1.165) is 23.0 Å². The highest BCUT2D eigenvalue weighted by Crippen LogP contribution is 2.37. The second kappa shape index (κ2) is 5.21. The van der Waals surface area contributed by atoms with Crippen molar-refractivity contribution in [3.05, 3.63) is 28.7 Å². The van der Waals surface area contributed by atoms with E-state index in [1.807, 2.05) is 24.3 Å². The monoisotopic (exact) mass is 295 g/mol. The first-order valence-electron chi connectivity index (χ1n) is 6.18. The zero-order chi connectivity index (χ0) is 12.3. The molecule has 1 aliphatic carbocycles. The molecule has 1 fully saturated rings. The lowest BCUT2D eigenvalue weighted by Crippen LogP contribution is -2.35. The summed E-state index contributed by atoms with van der Waals surface area (Å²) in [5.74, 6) is 0.157. The maximum atomic E-state index is 12.3. The van der Waals surface area contributed by atoms with E-state index < -0.39 is 0 Å². The Balaban J connectivity index is 2.08. The van der Waals surface area contributed by atoms with Crippen LogP contribution in [-0.4, -0.2) is 5.91 Å². The Labute approximate surface area is 111 Å². The van der Waals surface area contributed by atoms with Crippen LogP contribution in [0, 0.1) is 5.41 Å². The van der Waals surface area contributed by atoms with Crippen molar-refractivity contribution in [1.82, 2.24) is 0 Å². The first-order valence-corrected chi connectivity index (χ1v) is 6.97. The number of para-hydroxylation sites is 1. The summed E-state index contributed by atoms with van der Waals surface area (Å²) in [6, 6.07) is 7.75. The van der Waals surface area contributed by atoms with Gasteiger partial charge in [0.05, 0.1) is 5.69 Å². The summed E-state index contributed by atoms with van der Waals surface area (Å²) < 4.78 is 0.938. The minimum absolute atomic E-state index is 0.157. The Bertz CT molecular complexity index is 410. The van der Waals surface area contributed by atoms with Crippen molar-refractivity contribution in [3.8, 4) is 0 Å². The molecule has 1 aliphatic rings. The number of rotatable bonds is 2. The third-order valence-corrected chi connectivity index (χ3v) is 4.32. The summed E-state index contributed by atoms with van der Waals surface area (Å²) in [6.07, 6.45) is 5.60. The number of hydrogen-bond donors (Lipinski definition) is 1. The van der Waals surface area contributed by atoms with Crippen molar-refractivity contribution >= 4 is 27.5 Å². The maximum Gasteiger partial charge on any atom is 0.230 e. The van der Waals surface area contributed by atoms with E-state index in [1.165, 1.54) is 19.3 Å². The summed E-state index contributed by atoms with van der Waals surface area (Å²) >= 11 is 3.45. The van der Waals surface area contributed by atoms with E-state index in [1.54, 1.807) is 0 Å². The Hall–Kier alpha value is -0.830. The number of carbonyl (C=O) groups excluding carboxylic acids is 1. The van der Waals surface area contributed by atoms with Gasteiger partial charge in [0, 0.05) is 9.89 Å². The molecule has 0 atom stereocenters. The number of amides is 1. The van der Waals surface area contributed by atoms with Crippen LogP contribution in [0.4, 0.5) is 5.69 Å². The number of carbonyl (C=O) groups is 1. The molecule has 1 aromatic carbocycles. The van der Waals surface area contributed by atoms with Gasteiger partial charge in [0.25, 0.3) is 0 Å². The van der Waals surface area contributed by atoms with Crippen molar-refractivity contribution < 1.29 is 4.79 Å². The molecular formula is C14H18BrNO. The van der Waals surface area contributed by atoms with Gasteiger partial charge >= 0.3 is 0 Å². The molecular weight excluding hydrogens is 278 g/mol. The van der Waals surface area contributed by atoms with E-state index in [9.17, 15) is 4.79 Å². The van der Waals surface area contributed by atoms with Crippen molar-refractivity contribution in [3.63, 3.8) is 0 Å². The topological polar surface area (TPSA) is 29.1 Å². The van der Waals surface area contributed by atoms with Crippen LogP contribution in [0.15, 0.2) is 28.7 Å². The van der Waals surface area contributed by atoms with Crippen molar-refractivity contribution in [2.45, 2.75) is 39.0 Å². The second-order valence-electron chi connectivity index (χ2n) is 5.06. The summed E-state index contributed by atoms with van der Waals surface area (Å²) in [4.78, 5) is 12.3. The van der Waals surface area contributed by atoms with Gasteiger partial charge in [-0.05, 0) is 40.9 Å². The predicted molar refractivity (Wildman–Crippen MR) is 74.0 cm³/mol. The summed E-state index contributed by atoms with van der Waals surface area (Å²) in [6.45, 7) is 2.08. The second-order valence-corrected chi connectivity index (χ2v) is 5.91. The third kappa shape index (κ3) is 2.89. The molecule has 2 rings (SSSR count). The van der Waals surface area contributed by atoms with Gasteiger partial charge in [0.15, 0.2) is 0 Å². The lowest BCUT2D eigenvalue weighted by Gasteiger charge is -2.32. The Kier molecular flexibility index (Phi) is 3.87. The first-order chi connectivity index (χ1) is 8.12. The highest BCUT2D eigenvalue weighted by atomic mass is 79.9. The summed E-state index contributed by atoms with van der Waals surface area (Å²) in [5, 5.41) is 3.03. The zero-order valence-electron chi connectivity index (χ0n) is 10.1. The van der Waals surface area contributed by atoms with Gasteiger partial charge in [-0.3, -0.25) is 4.79 Å². The van der Waals surface area contributed by atoms with E-state index in [2.05, 4.69) is 28.2 Å². The lowest BCUT2D eigenvalue weighted by atomic mass is 9.75. The first kappa shape index (κ1) is 12.6. The summed E-state index contributed by atoms with van der Waals surface area (Å²) in [5.41, 5.74) is 0.678. The molecule has 0 aromatic heterocycles.